The third kappa shape index (κ3) is 6.06. The van der Waals surface area contributed by atoms with Gasteiger partial charge in [0.2, 0.25) is 5.91 Å². The van der Waals surface area contributed by atoms with E-state index in [1.54, 1.807) is 0 Å². The number of likely N-dealkylation sites (tertiary alicyclic amines) is 1. The second-order valence-corrected chi connectivity index (χ2v) is 4.85. The number of rotatable bonds is 8. The average Bonchev–Trinajstić information content (AvgIpc) is 2.41. The Kier molecular flexibility index (Phi) is 8.23. The Morgan fingerprint density at radius 1 is 1.32 bits per heavy atom. The number of piperidine rings is 1. The topological polar surface area (TPSA) is 29.5 Å². The molecule has 0 aromatic carbocycles. The smallest absolute Gasteiger partial charge is 0.223 e. The van der Waals surface area contributed by atoms with Crippen LogP contribution in [0.1, 0.15) is 46.0 Å². The molecule has 1 saturated heterocycles. The SMILES string of the molecule is CCC/C=C/[C@H]1CCCC(=O)N1C/C=C\COCC. The summed E-state index contributed by atoms with van der Waals surface area (Å²) < 4.78 is 5.25. The van der Waals surface area contributed by atoms with Crippen LogP contribution in [0.25, 0.3) is 0 Å². The van der Waals surface area contributed by atoms with Crippen molar-refractivity contribution >= 4 is 5.91 Å². The molecule has 0 radical (unpaired) electrons. The molecule has 1 heterocycles. The average molecular weight is 265 g/mol. The Hall–Kier alpha value is -1.09. The molecule has 0 aliphatic carbocycles. The van der Waals surface area contributed by atoms with E-state index in [1.165, 1.54) is 0 Å². The molecule has 1 aliphatic heterocycles. The van der Waals surface area contributed by atoms with Crippen molar-refractivity contribution in [2.24, 2.45) is 0 Å². The van der Waals surface area contributed by atoms with Crippen molar-refractivity contribution in [3.05, 3.63) is 24.3 Å². The predicted molar refractivity (Wildman–Crippen MR) is 79.0 cm³/mol. The molecule has 1 aliphatic rings. The van der Waals surface area contributed by atoms with E-state index < -0.39 is 0 Å². The number of carbonyl (C=O) groups is 1. The van der Waals surface area contributed by atoms with Crippen LogP contribution in [0.3, 0.4) is 0 Å². The number of amides is 1. The van der Waals surface area contributed by atoms with Crippen LogP contribution in [0, 0.1) is 0 Å². The molecule has 1 atom stereocenters. The fraction of sp³-hybridized carbons (Fsp3) is 0.688. The van der Waals surface area contributed by atoms with Gasteiger partial charge in [0.15, 0.2) is 0 Å². The molecule has 0 spiro atoms. The van der Waals surface area contributed by atoms with Gasteiger partial charge in [0, 0.05) is 19.6 Å². The number of hydrogen-bond donors (Lipinski definition) is 0. The Bertz CT molecular complexity index is 310. The van der Waals surface area contributed by atoms with E-state index >= 15 is 0 Å². The molecule has 3 heteroatoms. The van der Waals surface area contributed by atoms with Crippen LogP contribution in [0.5, 0.6) is 0 Å². The summed E-state index contributed by atoms with van der Waals surface area (Å²) in [6.45, 7) is 6.22. The molecule has 0 aromatic rings. The summed E-state index contributed by atoms with van der Waals surface area (Å²) in [4.78, 5) is 14.0. The maximum absolute atomic E-state index is 12.0. The van der Waals surface area contributed by atoms with E-state index in [9.17, 15) is 4.79 Å². The minimum atomic E-state index is 0.276. The summed E-state index contributed by atoms with van der Waals surface area (Å²) in [7, 11) is 0. The van der Waals surface area contributed by atoms with E-state index in [4.69, 9.17) is 4.74 Å². The third-order valence-electron chi connectivity index (χ3n) is 3.31. The van der Waals surface area contributed by atoms with Crippen molar-refractivity contribution < 1.29 is 9.53 Å². The molecule has 0 saturated carbocycles. The fourth-order valence-electron chi connectivity index (χ4n) is 2.25. The summed E-state index contributed by atoms with van der Waals surface area (Å²) >= 11 is 0. The lowest BCUT2D eigenvalue weighted by molar-refractivity contribution is -0.134. The van der Waals surface area contributed by atoms with Gasteiger partial charge in [-0.05, 0) is 26.2 Å². The monoisotopic (exact) mass is 265 g/mol. The second-order valence-electron chi connectivity index (χ2n) is 4.85. The van der Waals surface area contributed by atoms with E-state index in [1.807, 2.05) is 24.0 Å². The number of unbranched alkanes of at least 4 members (excludes halogenated alkanes) is 1. The zero-order chi connectivity index (χ0) is 13.9. The number of nitrogens with zero attached hydrogens (tertiary/aromatic N) is 1. The molecule has 19 heavy (non-hydrogen) atoms. The van der Waals surface area contributed by atoms with Crippen LogP contribution in [0.15, 0.2) is 24.3 Å². The standard InChI is InChI=1S/C16H27NO2/c1-3-5-6-10-15-11-9-12-16(18)17(15)13-7-8-14-19-4-2/h6-8,10,15H,3-5,9,11-14H2,1-2H3/b8-7-,10-6+/t15-/m0/s1. The zero-order valence-corrected chi connectivity index (χ0v) is 12.3. The molecular weight excluding hydrogens is 238 g/mol. The van der Waals surface area contributed by atoms with Gasteiger partial charge in [-0.15, -0.1) is 0 Å². The Labute approximate surface area is 117 Å². The molecular formula is C16H27NO2. The first-order valence-electron chi connectivity index (χ1n) is 7.48. The van der Waals surface area contributed by atoms with Gasteiger partial charge in [-0.2, -0.15) is 0 Å². The first-order valence-corrected chi connectivity index (χ1v) is 7.48. The quantitative estimate of drug-likeness (QED) is 0.498. The van der Waals surface area contributed by atoms with E-state index in [-0.39, 0.29) is 11.9 Å². The molecule has 3 nitrogen and oxygen atoms in total. The van der Waals surface area contributed by atoms with Gasteiger partial charge in [-0.1, -0.05) is 37.6 Å². The lowest BCUT2D eigenvalue weighted by Crippen LogP contribution is -2.42. The van der Waals surface area contributed by atoms with Crippen LogP contribution in [0.4, 0.5) is 0 Å². The van der Waals surface area contributed by atoms with Crippen LogP contribution in [-0.4, -0.2) is 36.6 Å². The van der Waals surface area contributed by atoms with Gasteiger partial charge in [0.1, 0.15) is 0 Å². The molecule has 0 bridgehead atoms. The molecule has 1 rings (SSSR count). The van der Waals surface area contributed by atoms with Crippen LogP contribution in [-0.2, 0) is 9.53 Å². The van der Waals surface area contributed by atoms with Crippen LogP contribution >= 0.6 is 0 Å². The summed E-state index contributed by atoms with van der Waals surface area (Å²) in [6.07, 6.45) is 13.5. The van der Waals surface area contributed by atoms with Gasteiger partial charge < -0.3 is 9.64 Å². The predicted octanol–water partition coefficient (Wildman–Crippen LogP) is 3.32. The first kappa shape index (κ1) is 16.0. The van der Waals surface area contributed by atoms with Crippen molar-refractivity contribution in [2.45, 2.75) is 52.0 Å². The Morgan fingerprint density at radius 2 is 2.16 bits per heavy atom. The van der Waals surface area contributed by atoms with Crippen molar-refractivity contribution in [2.75, 3.05) is 19.8 Å². The van der Waals surface area contributed by atoms with Gasteiger partial charge >= 0.3 is 0 Å². The largest absolute Gasteiger partial charge is 0.378 e. The molecule has 108 valence electrons. The lowest BCUT2D eigenvalue weighted by atomic mass is 10.0. The van der Waals surface area contributed by atoms with E-state index in [2.05, 4.69) is 19.1 Å². The summed E-state index contributed by atoms with van der Waals surface area (Å²) in [5, 5.41) is 0. The zero-order valence-electron chi connectivity index (χ0n) is 12.3. The van der Waals surface area contributed by atoms with E-state index in [0.717, 1.165) is 32.3 Å². The van der Waals surface area contributed by atoms with Crippen LogP contribution < -0.4 is 0 Å². The summed E-state index contributed by atoms with van der Waals surface area (Å²) in [6, 6.07) is 0.282. The van der Waals surface area contributed by atoms with Crippen molar-refractivity contribution in [3.63, 3.8) is 0 Å². The van der Waals surface area contributed by atoms with Crippen LogP contribution in [0.2, 0.25) is 0 Å². The Morgan fingerprint density at radius 3 is 2.89 bits per heavy atom. The maximum Gasteiger partial charge on any atom is 0.223 e. The van der Waals surface area contributed by atoms with Crippen molar-refractivity contribution in [1.29, 1.82) is 0 Å². The van der Waals surface area contributed by atoms with Gasteiger partial charge in [-0.25, -0.2) is 0 Å². The highest BCUT2D eigenvalue weighted by molar-refractivity contribution is 5.77. The number of allylic oxidation sites excluding steroid dienone is 1. The number of carbonyl (C=O) groups excluding carboxylic acids is 1. The van der Waals surface area contributed by atoms with Gasteiger partial charge in [-0.3, -0.25) is 4.79 Å². The molecule has 1 amide bonds. The third-order valence-corrected chi connectivity index (χ3v) is 3.31. The van der Waals surface area contributed by atoms with Gasteiger partial charge in [0.05, 0.1) is 12.6 Å². The number of hydrogen-bond acceptors (Lipinski definition) is 2. The van der Waals surface area contributed by atoms with Crippen molar-refractivity contribution in [1.82, 2.24) is 4.90 Å². The minimum Gasteiger partial charge on any atom is -0.378 e. The molecule has 0 unspecified atom stereocenters. The maximum atomic E-state index is 12.0. The van der Waals surface area contributed by atoms with E-state index in [0.29, 0.717) is 19.6 Å². The molecule has 1 fully saturated rings. The molecule has 0 N–H and O–H groups in total. The summed E-state index contributed by atoms with van der Waals surface area (Å²) in [5.74, 6) is 0.276. The van der Waals surface area contributed by atoms with Gasteiger partial charge in [0.25, 0.3) is 0 Å². The highest BCUT2D eigenvalue weighted by Gasteiger charge is 2.24. The lowest BCUT2D eigenvalue weighted by Gasteiger charge is -2.33. The highest BCUT2D eigenvalue weighted by Crippen LogP contribution is 2.19. The summed E-state index contributed by atoms with van der Waals surface area (Å²) in [5.41, 5.74) is 0. The Balaban J connectivity index is 2.47. The second kappa shape index (κ2) is 9.79. The number of ether oxygens (including phenoxy) is 1. The fourth-order valence-corrected chi connectivity index (χ4v) is 2.25. The normalized spacial score (nSPS) is 20.8. The van der Waals surface area contributed by atoms with Crippen molar-refractivity contribution in [3.8, 4) is 0 Å². The minimum absolute atomic E-state index is 0.276. The first-order chi connectivity index (χ1) is 9.29. The molecule has 0 aromatic heterocycles. The highest BCUT2D eigenvalue weighted by atomic mass is 16.5.